The van der Waals surface area contributed by atoms with Crippen LogP contribution in [0.15, 0.2) is 60.7 Å². The Morgan fingerprint density at radius 1 is 0.917 bits per heavy atom. The van der Waals surface area contributed by atoms with Crippen LogP contribution in [0.2, 0.25) is 0 Å². The number of nitrogens with one attached hydrogen (secondary N) is 1. The van der Waals surface area contributed by atoms with Gasteiger partial charge in [-0.25, -0.2) is 4.79 Å². The summed E-state index contributed by atoms with van der Waals surface area (Å²) < 4.78 is 0. The predicted octanol–water partition coefficient (Wildman–Crippen LogP) is 4.35. The summed E-state index contributed by atoms with van der Waals surface area (Å²) in [4.78, 5) is 23.7. The largest absolute Gasteiger partial charge is 0.478 e. The minimum Gasteiger partial charge on any atom is -0.478 e. The first-order chi connectivity index (χ1) is 11.6. The van der Waals surface area contributed by atoms with Crippen LogP contribution in [0.1, 0.15) is 33.2 Å². The van der Waals surface area contributed by atoms with Crippen LogP contribution in [0, 0.1) is 0 Å². The number of fused-ring (bicyclic) bond motifs is 1. The SMILES string of the molecule is CCc1cc(NC(=O)c2ccc3ccccc3c2)cc(C(=O)O)c1. The van der Waals surface area contributed by atoms with Gasteiger partial charge < -0.3 is 10.4 Å². The van der Waals surface area contributed by atoms with Crippen molar-refractivity contribution in [2.24, 2.45) is 0 Å². The molecule has 2 N–H and O–H groups in total. The molecule has 0 saturated heterocycles. The van der Waals surface area contributed by atoms with Gasteiger partial charge in [-0.3, -0.25) is 4.79 Å². The lowest BCUT2D eigenvalue weighted by atomic mass is 10.1. The molecule has 0 aliphatic carbocycles. The van der Waals surface area contributed by atoms with Gasteiger partial charge in [-0.15, -0.1) is 0 Å². The average Bonchev–Trinajstić information content (AvgIpc) is 2.60. The van der Waals surface area contributed by atoms with Gasteiger partial charge >= 0.3 is 5.97 Å². The van der Waals surface area contributed by atoms with Crippen LogP contribution >= 0.6 is 0 Å². The average molecular weight is 319 g/mol. The molecule has 0 bridgehead atoms. The molecular weight excluding hydrogens is 302 g/mol. The number of carbonyl (C=O) groups excluding carboxylic acids is 1. The second-order valence-electron chi connectivity index (χ2n) is 5.59. The molecule has 0 unspecified atom stereocenters. The van der Waals surface area contributed by atoms with Crippen molar-refractivity contribution in [1.29, 1.82) is 0 Å². The molecule has 4 heteroatoms. The molecule has 4 nitrogen and oxygen atoms in total. The molecule has 0 atom stereocenters. The topological polar surface area (TPSA) is 66.4 Å². The number of hydrogen-bond acceptors (Lipinski definition) is 2. The standard InChI is InChI=1S/C20H17NO3/c1-2-13-9-17(20(23)24)12-18(10-13)21-19(22)16-8-7-14-5-3-4-6-15(14)11-16/h3-12H,2H2,1H3,(H,21,22)(H,23,24). The van der Waals surface area contributed by atoms with E-state index in [-0.39, 0.29) is 11.5 Å². The monoisotopic (exact) mass is 319 g/mol. The zero-order valence-electron chi connectivity index (χ0n) is 13.2. The number of carboxylic acid groups (broad SMARTS) is 1. The molecule has 0 spiro atoms. The van der Waals surface area contributed by atoms with Gasteiger partial charge in [0.1, 0.15) is 0 Å². The van der Waals surface area contributed by atoms with Gasteiger partial charge in [-0.1, -0.05) is 37.3 Å². The Morgan fingerprint density at radius 3 is 2.38 bits per heavy atom. The summed E-state index contributed by atoms with van der Waals surface area (Å²) >= 11 is 0. The van der Waals surface area contributed by atoms with Crippen LogP contribution < -0.4 is 5.32 Å². The summed E-state index contributed by atoms with van der Waals surface area (Å²) in [5.74, 6) is -1.27. The number of benzene rings is 3. The maximum atomic E-state index is 12.5. The van der Waals surface area contributed by atoms with Crippen molar-refractivity contribution in [2.45, 2.75) is 13.3 Å². The van der Waals surface area contributed by atoms with E-state index in [0.717, 1.165) is 16.3 Å². The number of aryl methyl sites for hydroxylation is 1. The third-order valence-electron chi connectivity index (χ3n) is 3.92. The normalized spacial score (nSPS) is 10.5. The Bertz CT molecular complexity index is 931. The lowest BCUT2D eigenvalue weighted by Crippen LogP contribution is -2.12. The number of amides is 1. The summed E-state index contributed by atoms with van der Waals surface area (Å²) in [5.41, 5.74) is 2.06. The first kappa shape index (κ1) is 15.7. The van der Waals surface area contributed by atoms with Crippen molar-refractivity contribution in [3.05, 3.63) is 77.4 Å². The highest BCUT2D eigenvalue weighted by molar-refractivity contribution is 6.07. The van der Waals surface area contributed by atoms with Crippen LogP contribution in [0.3, 0.4) is 0 Å². The highest BCUT2D eigenvalue weighted by Crippen LogP contribution is 2.19. The van der Waals surface area contributed by atoms with Gasteiger partial charge in [0.25, 0.3) is 5.91 Å². The molecule has 1 amide bonds. The summed E-state index contributed by atoms with van der Waals surface area (Å²) in [6.07, 6.45) is 0.694. The van der Waals surface area contributed by atoms with E-state index >= 15 is 0 Å². The minimum atomic E-state index is -1.01. The van der Waals surface area contributed by atoms with E-state index in [2.05, 4.69) is 5.32 Å². The number of hydrogen-bond donors (Lipinski definition) is 2. The lowest BCUT2D eigenvalue weighted by molar-refractivity contribution is 0.0696. The van der Waals surface area contributed by atoms with Gasteiger partial charge in [-0.05, 0) is 53.1 Å². The Balaban J connectivity index is 1.90. The van der Waals surface area contributed by atoms with E-state index in [1.807, 2.05) is 43.3 Å². The zero-order valence-corrected chi connectivity index (χ0v) is 13.2. The fourth-order valence-electron chi connectivity index (χ4n) is 2.63. The van der Waals surface area contributed by atoms with Crippen molar-refractivity contribution in [3.63, 3.8) is 0 Å². The molecule has 3 aromatic carbocycles. The number of aromatic carboxylic acids is 1. The van der Waals surface area contributed by atoms with Crippen LogP contribution in [-0.2, 0) is 6.42 Å². The zero-order chi connectivity index (χ0) is 17.1. The maximum absolute atomic E-state index is 12.5. The van der Waals surface area contributed by atoms with E-state index in [4.69, 9.17) is 0 Å². The highest BCUT2D eigenvalue weighted by atomic mass is 16.4. The number of carbonyl (C=O) groups is 2. The Morgan fingerprint density at radius 2 is 1.67 bits per heavy atom. The van der Waals surface area contributed by atoms with Crippen molar-refractivity contribution < 1.29 is 14.7 Å². The molecule has 3 rings (SSSR count). The van der Waals surface area contributed by atoms with Crippen LogP contribution in [0.5, 0.6) is 0 Å². The quantitative estimate of drug-likeness (QED) is 0.751. The summed E-state index contributed by atoms with van der Waals surface area (Å²) in [6, 6.07) is 18.2. The molecule has 0 radical (unpaired) electrons. The molecule has 0 heterocycles. The minimum absolute atomic E-state index is 0.170. The molecule has 120 valence electrons. The van der Waals surface area contributed by atoms with E-state index in [1.165, 1.54) is 6.07 Å². The number of rotatable bonds is 4. The molecule has 0 aromatic heterocycles. The molecule has 3 aromatic rings. The van der Waals surface area contributed by atoms with Gasteiger partial charge in [0.15, 0.2) is 0 Å². The number of anilines is 1. The predicted molar refractivity (Wildman–Crippen MR) is 94.7 cm³/mol. The van der Waals surface area contributed by atoms with Crippen molar-refractivity contribution in [2.75, 3.05) is 5.32 Å². The van der Waals surface area contributed by atoms with E-state index in [0.29, 0.717) is 17.7 Å². The van der Waals surface area contributed by atoms with Gasteiger partial charge in [0, 0.05) is 11.3 Å². The Kier molecular flexibility index (Phi) is 4.29. The van der Waals surface area contributed by atoms with Crippen molar-refractivity contribution in [3.8, 4) is 0 Å². The van der Waals surface area contributed by atoms with Crippen molar-refractivity contribution >= 4 is 28.3 Å². The van der Waals surface area contributed by atoms with Crippen LogP contribution in [0.4, 0.5) is 5.69 Å². The first-order valence-corrected chi connectivity index (χ1v) is 7.74. The summed E-state index contributed by atoms with van der Waals surface area (Å²) in [7, 11) is 0. The molecule has 0 saturated carbocycles. The molecular formula is C20H17NO3. The van der Waals surface area contributed by atoms with Crippen molar-refractivity contribution in [1.82, 2.24) is 0 Å². The molecule has 0 fully saturated rings. The highest BCUT2D eigenvalue weighted by Gasteiger charge is 2.11. The molecule has 24 heavy (non-hydrogen) atoms. The first-order valence-electron chi connectivity index (χ1n) is 7.74. The maximum Gasteiger partial charge on any atom is 0.335 e. The molecule has 0 aliphatic rings. The fraction of sp³-hybridized carbons (Fsp3) is 0.100. The number of carboxylic acids is 1. The smallest absolute Gasteiger partial charge is 0.335 e. The summed E-state index contributed by atoms with van der Waals surface area (Å²) in [5, 5.41) is 14.0. The second kappa shape index (κ2) is 6.54. The third-order valence-corrected chi connectivity index (χ3v) is 3.92. The van der Waals surface area contributed by atoms with Crippen LogP contribution in [-0.4, -0.2) is 17.0 Å². The van der Waals surface area contributed by atoms with Gasteiger partial charge in [-0.2, -0.15) is 0 Å². The third kappa shape index (κ3) is 3.27. The van der Waals surface area contributed by atoms with Gasteiger partial charge in [0.05, 0.1) is 5.56 Å². The lowest BCUT2D eigenvalue weighted by Gasteiger charge is -2.09. The van der Waals surface area contributed by atoms with E-state index in [9.17, 15) is 14.7 Å². The second-order valence-corrected chi connectivity index (χ2v) is 5.59. The Labute approximate surface area is 139 Å². The van der Waals surface area contributed by atoms with Crippen LogP contribution in [0.25, 0.3) is 10.8 Å². The Hall–Kier alpha value is -3.14. The van der Waals surface area contributed by atoms with E-state index < -0.39 is 5.97 Å². The van der Waals surface area contributed by atoms with E-state index in [1.54, 1.807) is 18.2 Å². The fourth-order valence-corrected chi connectivity index (χ4v) is 2.63. The molecule has 0 aliphatic heterocycles. The summed E-state index contributed by atoms with van der Waals surface area (Å²) in [6.45, 7) is 1.94. The van der Waals surface area contributed by atoms with Gasteiger partial charge in [0.2, 0.25) is 0 Å².